The van der Waals surface area contributed by atoms with Crippen molar-refractivity contribution in [3.05, 3.63) is 0 Å². The molecular formula is C3H7O2S. The number of aliphatic hydroxyl groups is 2. The predicted molar refractivity (Wildman–Crippen MR) is 25.1 cm³/mol. The highest BCUT2D eigenvalue weighted by molar-refractivity contribution is 7.81. The molecule has 0 unspecified atom stereocenters. The second-order valence-corrected chi connectivity index (χ2v) is 1.75. The monoisotopic (exact) mass is 107 g/mol. The van der Waals surface area contributed by atoms with Crippen LogP contribution >= 0.6 is 12.6 Å². The van der Waals surface area contributed by atoms with Gasteiger partial charge in [-0.15, -0.1) is 0 Å². The smallest absolute Gasteiger partial charge is 0.223 e. The van der Waals surface area contributed by atoms with Gasteiger partial charge in [-0.2, -0.15) is 0 Å². The fourth-order valence-corrected chi connectivity index (χ4v) is 0. The fraction of sp³-hybridized carbons (Fsp3) is 1.00. The van der Waals surface area contributed by atoms with Crippen molar-refractivity contribution in [1.82, 2.24) is 0 Å². The Hall–Kier alpha value is 0.270. The van der Waals surface area contributed by atoms with Crippen molar-refractivity contribution in [2.75, 3.05) is 0 Å². The summed E-state index contributed by atoms with van der Waals surface area (Å²) in [7, 11) is 0. The van der Waals surface area contributed by atoms with Crippen LogP contribution < -0.4 is 0 Å². The van der Waals surface area contributed by atoms with Crippen LogP contribution in [0, 0.1) is 0 Å². The molecule has 0 aromatic rings. The summed E-state index contributed by atoms with van der Waals surface area (Å²) in [5, 5.41) is 14.5. The van der Waals surface area contributed by atoms with Gasteiger partial charge >= 0.3 is 0 Å². The van der Waals surface area contributed by atoms with E-state index in [1.807, 2.05) is 0 Å². The molecule has 0 heterocycles. The van der Waals surface area contributed by atoms with Crippen LogP contribution in [-0.2, 0) is 0 Å². The second kappa shape index (κ2) is 1.82. The van der Waals surface area contributed by atoms with Crippen molar-refractivity contribution in [1.29, 1.82) is 0 Å². The van der Waals surface area contributed by atoms with Crippen LogP contribution in [0.15, 0.2) is 0 Å². The number of hydrogen-bond donors (Lipinski definition) is 2. The summed E-state index contributed by atoms with van der Waals surface area (Å²) in [6, 6.07) is 0. The van der Waals surface area contributed by atoms with Gasteiger partial charge < -0.3 is 10.2 Å². The maximum absolute atomic E-state index is 8.20. The van der Waals surface area contributed by atoms with Gasteiger partial charge in [0.15, 0.2) is 0 Å². The van der Waals surface area contributed by atoms with E-state index in [-0.39, 0.29) is 6.42 Å². The SMILES string of the molecule is CCC(O)(O)[S]. The Balaban J connectivity index is 3.17. The molecule has 1 radical (unpaired) electrons. The first kappa shape index (κ1) is 6.27. The highest BCUT2D eigenvalue weighted by Gasteiger charge is 2.11. The molecule has 0 bridgehead atoms. The molecule has 0 aromatic heterocycles. The molecule has 0 spiro atoms. The van der Waals surface area contributed by atoms with E-state index in [4.69, 9.17) is 10.2 Å². The molecule has 2 N–H and O–H groups in total. The molecule has 0 fully saturated rings. The highest BCUT2D eigenvalue weighted by atomic mass is 32.1. The first-order valence-electron chi connectivity index (χ1n) is 1.71. The Labute approximate surface area is 42.2 Å². The zero-order chi connectivity index (χ0) is 5.21. The van der Waals surface area contributed by atoms with E-state index in [0.29, 0.717) is 0 Å². The van der Waals surface area contributed by atoms with Gasteiger partial charge in [-0.1, -0.05) is 6.92 Å². The lowest BCUT2D eigenvalue weighted by atomic mass is 10.5. The summed E-state index contributed by atoms with van der Waals surface area (Å²) in [4.78, 5) is 0. The maximum atomic E-state index is 8.20. The summed E-state index contributed by atoms with van der Waals surface area (Å²) in [6.45, 7) is 1.60. The first-order valence-corrected chi connectivity index (χ1v) is 2.12. The average molecular weight is 107 g/mol. The molecule has 0 aliphatic heterocycles. The number of hydrogen-bond acceptors (Lipinski definition) is 2. The minimum absolute atomic E-state index is 0.197. The molecule has 0 atom stereocenters. The van der Waals surface area contributed by atoms with Gasteiger partial charge in [-0.3, -0.25) is 0 Å². The summed E-state index contributed by atoms with van der Waals surface area (Å²) in [5.41, 5.74) is 0. The highest BCUT2D eigenvalue weighted by Crippen LogP contribution is 2.07. The minimum atomic E-state index is -1.87. The van der Waals surface area contributed by atoms with Gasteiger partial charge in [-0.25, -0.2) is 0 Å². The van der Waals surface area contributed by atoms with E-state index in [9.17, 15) is 0 Å². The molecular weight excluding hydrogens is 100 g/mol. The van der Waals surface area contributed by atoms with Gasteiger partial charge in [0.1, 0.15) is 0 Å². The van der Waals surface area contributed by atoms with Crippen LogP contribution in [0.1, 0.15) is 13.3 Å². The third-order valence-corrected chi connectivity index (χ3v) is 0.749. The second-order valence-electron chi connectivity index (χ2n) is 1.10. The first-order chi connectivity index (χ1) is 2.56. The zero-order valence-corrected chi connectivity index (χ0v) is 4.33. The summed E-state index contributed by atoms with van der Waals surface area (Å²) >= 11 is 4.10. The lowest BCUT2D eigenvalue weighted by Crippen LogP contribution is -2.16. The van der Waals surface area contributed by atoms with Crippen molar-refractivity contribution >= 4 is 12.6 Å². The van der Waals surface area contributed by atoms with Crippen LogP contribution in [-0.4, -0.2) is 15.3 Å². The van der Waals surface area contributed by atoms with Crippen molar-refractivity contribution in [2.24, 2.45) is 0 Å². The zero-order valence-electron chi connectivity index (χ0n) is 3.51. The fourth-order valence-electron chi connectivity index (χ4n) is 0. The lowest BCUT2D eigenvalue weighted by molar-refractivity contribution is -0.0754. The van der Waals surface area contributed by atoms with Gasteiger partial charge in [0.25, 0.3) is 0 Å². The molecule has 0 saturated heterocycles. The van der Waals surface area contributed by atoms with Crippen LogP contribution in [0.2, 0.25) is 0 Å². The van der Waals surface area contributed by atoms with E-state index >= 15 is 0 Å². The summed E-state index contributed by atoms with van der Waals surface area (Å²) in [5.74, 6) is 0. The molecule has 0 aliphatic rings. The Morgan fingerprint density at radius 2 is 1.83 bits per heavy atom. The Morgan fingerprint density at radius 3 is 1.83 bits per heavy atom. The van der Waals surface area contributed by atoms with Gasteiger partial charge in [0.2, 0.25) is 5.12 Å². The largest absolute Gasteiger partial charge is 0.357 e. The summed E-state index contributed by atoms with van der Waals surface area (Å²) < 4.78 is 0. The Kier molecular flexibility index (Phi) is 1.90. The standard InChI is InChI=1S/C3H7O2S/c1-2-3(4,5)6/h4-5H,2H2,1H3. The van der Waals surface area contributed by atoms with Crippen molar-refractivity contribution in [3.8, 4) is 0 Å². The van der Waals surface area contributed by atoms with Crippen molar-refractivity contribution in [3.63, 3.8) is 0 Å². The number of rotatable bonds is 1. The normalized spacial score (nSPS) is 12.0. The third-order valence-electron chi connectivity index (χ3n) is 0.461. The Morgan fingerprint density at radius 1 is 1.67 bits per heavy atom. The van der Waals surface area contributed by atoms with Gasteiger partial charge in [0, 0.05) is 6.42 Å². The lowest BCUT2D eigenvalue weighted by Gasteiger charge is -2.07. The van der Waals surface area contributed by atoms with E-state index in [0.717, 1.165) is 0 Å². The molecule has 0 rings (SSSR count). The van der Waals surface area contributed by atoms with Crippen LogP contribution in [0.3, 0.4) is 0 Å². The maximum Gasteiger partial charge on any atom is 0.223 e. The molecule has 3 heteroatoms. The quantitative estimate of drug-likeness (QED) is 0.471. The van der Waals surface area contributed by atoms with E-state index < -0.39 is 5.12 Å². The molecule has 2 nitrogen and oxygen atoms in total. The van der Waals surface area contributed by atoms with E-state index in [2.05, 4.69) is 12.6 Å². The topological polar surface area (TPSA) is 40.5 Å². The molecule has 0 aromatic carbocycles. The Bertz CT molecular complexity index is 38.5. The van der Waals surface area contributed by atoms with Gasteiger partial charge in [-0.05, 0) is 12.6 Å². The third kappa shape index (κ3) is 4.27. The molecule has 0 amide bonds. The van der Waals surface area contributed by atoms with E-state index in [1.54, 1.807) is 6.92 Å². The average Bonchev–Trinajstić information content (AvgIpc) is 1.35. The van der Waals surface area contributed by atoms with E-state index in [1.165, 1.54) is 0 Å². The van der Waals surface area contributed by atoms with Crippen molar-refractivity contribution < 1.29 is 10.2 Å². The molecule has 6 heavy (non-hydrogen) atoms. The predicted octanol–water partition coefficient (Wildman–Crippen LogP) is 0.232. The van der Waals surface area contributed by atoms with Gasteiger partial charge in [0.05, 0.1) is 0 Å². The van der Waals surface area contributed by atoms with Crippen LogP contribution in [0.5, 0.6) is 0 Å². The van der Waals surface area contributed by atoms with Crippen molar-refractivity contribution in [2.45, 2.75) is 18.5 Å². The molecule has 0 saturated carbocycles. The summed E-state index contributed by atoms with van der Waals surface area (Å²) in [6.07, 6.45) is 0.197. The van der Waals surface area contributed by atoms with Crippen LogP contribution in [0.4, 0.5) is 0 Å². The molecule has 0 aliphatic carbocycles. The molecule has 37 valence electrons. The minimum Gasteiger partial charge on any atom is -0.357 e. The van der Waals surface area contributed by atoms with Crippen LogP contribution in [0.25, 0.3) is 0 Å².